The minimum atomic E-state index is 0.0743. The summed E-state index contributed by atoms with van der Waals surface area (Å²) in [5, 5.41) is 21.9. The Kier molecular flexibility index (Phi) is 4.11. The second-order valence-corrected chi connectivity index (χ2v) is 5.10. The van der Waals surface area contributed by atoms with Crippen LogP contribution in [-0.2, 0) is 6.54 Å². The zero-order chi connectivity index (χ0) is 15.4. The van der Waals surface area contributed by atoms with E-state index in [2.05, 4.69) is 20.5 Å². The Morgan fingerprint density at radius 2 is 1.82 bits per heavy atom. The second kappa shape index (κ2) is 6.36. The van der Waals surface area contributed by atoms with Crippen LogP contribution in [0, 0.1) is 0 Å². The smallest absolute Gasteiger partial charge is 0.214 e. The molecule has 1 heterocycles. The van der Waals surface area contributed by atoms with Gasteiger partial charge in [-0.1, -0.05) is 42.5 Å². The van der Waals surface area contributed by atoms with Crippen LogP contribution in [0.1, 0.15) is 5.56 Å². The van der Waals surface area contributed by atoms with Gasteiger partial charge in [0, 0.05) is 11.9 Å². The largest absolute Gasteiger partial charge is 0.504 e. The molecule has 3 rings (SSSR count). The highest BCUT2D eigenvalue weighted by atomic mass is 32.1. The lowest BCUT2D eigenvalue weighted by Crippen LogP contribution is -2.18. The molecule has 3 N–H and O–H groups in total. The van der Waals surface area contributed by atoms with E-state index in [1.165, 1.54) is 0 Å². The molecule has 0 fully saturated rings. The van der Waals surface area contributed by atoms with Crippen LogP contribution in [0.3, 0.4) is 0 Å². The van der Waals surface area contributed by atoms with Crippen LogP contribution in [0.25, 0.3) is 10.9 Å². The number of aromatic nitrogens is 1. The van der Waals surface area contributed by atoms with Gasteiger partial charge in [0.25, 0.3) is 0 Å². The third-order valence-corrected chi connectivity index (χ3v) is 3.41. The monoisotopic (exact) mass is 310 g/mol. The van der Waals surface area contributed by atoms with E-state index in [4.69, 9.17) is 12.2 Å². The Bertz CT molecular complexity index is 827. The third kappa shape index (κ3) is 3.12. The number of nitrogens with one attached hydrogen (secondary N) is 2. The van der Waals surface area contributed by atoms with E-state index in [0.717, 1.165) is 11.1 Å². The standard InChI is InChI=1S/C16H14N4OS/c21-14-12-8-4-5-9-13(12)18-15(14)19-20-16(22)17-10-11-6-2-1-3-7-11/h1-9,18,21H,10H2,(H,17,22). The highest BCUT2D eigenvalue weighted by molar-refractivity contribution is 7.80. The number of H-pyrrole nitrogens is 1. The molecule has 22 heavy (non-hydrogen) atoms. The Balaban J connectivity index is 1.67. The topological polar surface area (TPSA) is 72.8 Å². The molecule has 0 saturated heterocycles. The van der Waals surface area contributed by atoms with Gasteiger partial charge >= 0.3 is 0 Å². The van der Waals surface area contributed by atoms with Crippen molar-refractivity contribution in [2.45, 2.75) is 6.54 Å². The minimum absolute atomic E-state index is 0.0743. The van der Waals surface area contributed by atoms with Gasteiger partial charge in [-0.3, -0.25) is 0 Å². The van der Waals surface area contributed by atoms with Crippen LogP contribution in [0.4, 0.5) is 5.82 Å². The van der Waals surface area contributed by atoms with E-state index >= 15 is 0 Å². The van der Waals surface area contributed by atoms with Crippen molar-refractivity contribution >= 4 is 34.1 Å². The van der Waals surface area contributed by atoms with Gasteiger partial charge in [-0.15, -0.1) is 10.2 Å². The lowest BCUT2D eigenvalue weighted by atomic mass is 10.2. The number of thiocarbonyl (C=S) groups is 1. The number of aromatic hydroxyl groups is 1. The van der Waals surface area contributed by atoms with Crippen molar-refractivity contribution in [3.05, 3.63) is 60.2 Å². The minimum Gasteiger partial charge on any atom is -0.504 e. The van der Waals surface area contributed by atoms with Crippen LogP contribution in [0.2, 0.25) is 0 Å². The van der Waals surface area contributed by atoms with Gasteiger partial charge in [0.2, 0.25) is 5.11 Å². The van der Waals surface area contributed by atoms with Gasteiger partial charge in [0.15, 0.2) is 11.6 Å². The highest BCUT2D eigenvalue weighted by Gasteiger charge is 2.08. The van der Waals surface area contributed by atoms with E-state index in [1.807, 2.05) is 54.6 Å². The van der Waals surface area contributed by atoms with Crippen molar-refractivity contribution in [3.63, 3.8) is 0 Å². The molecule has 0 unspecified atom stereocenters. The number of fused-ring (bicyclic) bond motifs is 1. The van der Waals surface area contributed by atoms with Crippen LogP contribution in [-0.4, -0.2) is 15.2 Å². The maximum absolute atomic E-state index is 10.1. The number of benzene rings is 2. The van der Waals surface area contributed by atoms with Gasteiger partial charge < -0.3 is 15.4 Å². The number of rotatable bonds is 3. The van der Waals surface area contributed by atoms with Crippen molar-refractivity contribution in [2.24, 2.45) is 10.2 Å². The number of azo groups is 1. The lowest BCUT2D eigenvalue weighted by Gasteiger charge is -2.02. The highest BCUT2D eigenvalue weighted by Crippen LogP contribution is 2.34. The van der Waals surface area contributed by atoms with Gasteiger partial charge in [-0.2, -0.15) is 0 Å². The van der Waals surface area contributed by atoms with E-state index in [-0.39, 0.29) is 10.9 Å². The summed E-state index contributed by atoms with van der Waals surface area (Å²) in [6.45, 7) is 0.581. The average Bonchev–Trinajstić information content (AvgIpc) is 2.88. The first-order chi connectivity index (χ1) is 10.7. The van der Waals surface area contributed by atoms with E-state index in [1.54, 1.807) is 0 Å². The summed E-state index contributed by atoms with van der Waals surface area (Å²) >= 11 is 5.11. The molecule has 5 nitrogen and oxygen atoms in total. The maximum Gasteiger partial charge on any atom is 0.214 e. The fourth-order valence-electron chi connectivity index (χ4n) is 2.09. The molecule has 110 valence electrons. The van der Waals surface area contributed by atoms with Crippen molar-refractivity contribution in [2.75, 3.05) is 0 Å². The van der Waals surface area contributed by atoms with Gasteiger partial charge in [0.05, 0.1) is 5.52 Å². The summed E-state index contributed by atoms with van der Waals surface area (Å²) in [5.41, 5.74) is 1.91. The molecule has 3 aromatic rings. The number of nitrogens with zero attached hydrogens (tertiary/aromatic N) is 2. The predicted molar refractivity (Wildman–Crippen MR) is 90.4 cm³/mol. The first-order valence-corrected chi connectivity index (χ1v) is 7.18. The molecule has 0 bridgehead atoms. The molecule has 0 aliphatic carbocycles. The number of aromatic amines is 1. The molecule has 0 aliphatic rings. The second-order valence-electron chi connectivity index (χ2n) is 4.71. The maximum atomic E-state index is 10.1. The predicted octanol–water partition coefficient (Wildman–Crippen LogP) is 4.03. The molecule has 2 aromatic carbocycles. The molecule has 0 amide bonds. The van der Waals surface area contributed by atoms with E-state index in [9.17, 15) is 5.11 Å². The van der Waals surface area contributed by atoms with Crippen molar-refractivity contribution in [1.29, 1.82) is 0 Å². The Hall–Kier alpha value is -2.73. The third-order valence-electron chi connectivity index (χ3n) is 3.19. The quantitative estimate of drug-likeness (QED) is 0.505. The fraction of sp³-hybridized carbons (Fsp3) is 0.0625. The van der Waals surface area contributed by atoms with Gasteiger partial charge in [-0.25, -0.2) is 0 Å². The zero-order valence-electron chi connectivity index (χ0n) is 11.7. The van der Waals surface area contributed by atoms with Crippen LogP contribution in [0.15, 0.2) is 64.8 Å². The SMILES string of the molecule is Oc1c(N=NC(=S)NCc2ccccc2)[nH]c2ccccc12. The van der Waals surface area contributed by atoms with Crippen LogP contribution >= 0.6 is 12.2 Å². The number of para-hydroxylation sites is 1. The molecule has 6 heteroatoms. The molecular formula is C16H14N4OS. The Morgan fingerprint density at radius 1 is 1.09 bits per heavy atom. The fourth-order valence-corrected chi connectivity index (χ4v) is 2.20. The Labute approximate surface area is 132 Å². The first kappa shape index (κ1) is 14.2. The summed E-state index contributed by atoms with van der Waals surface area (Å²) in [6.07, 6.45) is 0. The molecule has 0 spiro atoms. The average molecular weight is 310 g/mol. The van der Waals surface area contributed by atoms with Crippen LogP contribution in [0.5, 0.6) is 5.75 Å². The molecule has 0 radical (unpaired) electrons. The van der Waals surface area contributed by atoms with Crippen molar-refractivity contribution in [3.8, 4) is 5.75 Å². The molecule has 0 atom stereocenters. The summed E-state index contributed by atoms with van der Waals surface area (Å²) < 4.78 is 0. The van der Waals surface area contributed by atoms with Gasteiger partial charge in [0.1, 0.15) is 0 Å². The van der Waals surface area contributed by atoms with E-state index in [0.29, 0.717) is 17.7 Å². The molecular weight excluding hydrogens is 296 g/mol. The first-order valence-electron chi connectivity index (χ1n) is 6.77. The van der Waals surface area contributed by atoms with Gasteiger partial charge in [-0.05, 0) is 29.9 Å². The zero-order valence-corrected chi connectivity index (χ0v) is 12.5. The van der Waals surface area contributed by atoms with E-state index < -0.39 is 0 Å². The van der Waals surface area contributed by atoms with Crippen LogP contribution < -0.4 is 5.32 Å². The normalized spacial score (nSPS) is 11.1. The molecule has 1 aromatic heterocycles. The summed E-state index contributed by atoms with van der Waals surface area (Å²) in [6, 6.07) is 17.3. The summed E-state index contributed by atoms with van der Waals surface area (Å²) in [7, 11) is 0. The number of hydrogen-bond acceptors (Lipinski definition) is 3. The molecule has 0 aliphatic heterocycles. The lowest BCUT2D eigenvalue weighted by molar-refractivity contribution is 0.482. The Morgan fingerprint density at radius 3 is 2.59 bits per heavy atom. The molecule has 0 saturated carbocycles. The number of hydrogen-bond donors (Lipinski definition) is 3. The summed E-state index contributed by atoms with van der Waals surface area (Å²) in [4.78, 5) is 3.00. The summed E-state index contributed by atoms with van der Waals surface area (Å²) in [5.74, 6) is 0.371. The van der Waals surface area contributed by atoms with Crippen molar-refractivity contribution in [1.82, 2.24) is 10.3 Å². The van der Waals surface area contributed by atoms with Crippen molar-refractivity contribution < 1.29 is 5.11 Å².